The number of hydrogen-bond acceptors (Lipinski definition) is 3. The van der Waals surface area contributed by atoms with E-state index in [-0.39, 0.29) is 11.8 Å². The van der Waals surface area contributed by atoms with Crippen molar-refractivity contribution in [1.82, 2.24) is 4.90 Å². The molecule has 1 atom stereocenters. The Hall–Kier alpha value is -2.53. The Labute approximate surface area is 184 Å². The van der Waals surface area contributed by atoms with E-state index < -0.39 is 5.38 Å². The summed E-state index contributed by atoms with van der Waals surface area (Å²) < 4.78 is 0. The molecule has 0 spiro atoms. The Balaban J connectivity index is 1.49. The van der Waals surface area contributed by atoms with Crippen LogP contribution < -0.4 is 10.2 Å². The standard InChI is InChI=1S/C24H30ClN3O2/c1-2-3-5-10-22(29)28-17-15-27(16-18-28)21-13-11-20(12-14-21)26-24(30)23(25)19-8-6-4-7-9-19/h4,6-9,11-14,23H,2-3,5,10,15-18H2,1H3,(H,26,30)/t23-/m0/s1. The van der Waals surface area contributed by atoms with E-state index in [1.54, 1.807) is 0 Å². The average Bonchev–Trinajstić information content (AvgIpc) is 2.80. The zero-order valence-electron chi connectivity index (χ0n) is 17.5. The molecule has 1 aliphatic rings. The Morgan fingerprint density at radius 3 is 2.27 bits per heavy atom. The fourth-order valence-corrected chi connectivity index (χ4v) is 3.83. The lowest BCUT2D eigenvalue weighted by Gasteiger charge is -2.36. The number of rotatable bonds is 8. The first-order valence-corrected chi connectivity index (χ1v) is 11.1. The second-order valence-electron chi connectivity index (χ2n) is 7.63. The van der Waals surface area contributed by atoms with Crippen molar-refractivity contribution in [3.63, 3.8) is 0 Å². The number of carbonyl (C=O) groups excluding carboxylic acids is 2. The number of carbonyl (C=O) groups is 2. The first kappa shape index (κ1) is 22.2. The molecule has 2 amide bonds. The number of nitrogens with zero attached hydrogens (tertiary/aromatic N) is 2. The highest BCUT2D eigenvalue weighted by Gasteiger charge is 2.21. The van der Waals surface area contributed by atoms with Crippen LogP contribution in [0.25, 0.3) is 0 Å². The molecule has 2 aromatic rings. The molecule has 0 aromatic heterocycles. The Kier molecular flexibility index (Phi) is 8.14. The van der Waals surface area contributed by atoms with E-state index in [1.807, 2.05) is 59.5 Å². The van der Waals surface area contributed by atoms with Crippen molar-refractivity contribution in [2.45, 2.75) is 38.0 Å². The Morgan fingerprint density at radius 1 is 0.967 bits per heavy atom. The molecule has 1 fully saturated rings. The van der Waals surface area contributed by atoms with Crippen LogP contribution in [0.4, 0.5) is 11.4 Å². The van der Waals surface area contributed by atoms with Crippen molar-refractivity contribution in [2.24, 2.45) is 0 Å². The SMILES string of the molecule is CCCCCC(=O)N1CCN(c2ccc(NC(=O)[C@@H](Cl)c3ccccc3)cc2)CC1. The van der Waals surface area contributed by atoms with Crippen molar-refractivity contribution in [3.05, 3.63) is 60.2 Å². The zero-order valence-corrected chi connectivity index (χ0v) is 18.3. The van der Waals surface area contributed by atoms with Gasteiger partial charge in [-0.1, -0.05) is 50.1 Å². The number of nitrogens with one attached hydrogen (secondary N) is 1. The second kappa shape index (κ2) is 11.0. The van der Waals surface area contributed by atoms with Gasteiger partial charge < -0.3 is 15.1 Å². The maximum absolute atomic E-state index is 12.4. The summed E-state index contributed by atoms with van der Waals surface area (Å²) in [5.74, 6) is 0.0287. The van der Waals surface area contributed by atoms with Crippen molar-refractivity contribution in [2.75, 3.05) is 36.4 Å². The third kappa shape index (κ3) is 5.99. The summed E-state index contributed by atoms with van der Waals surface area (Å²) in [5.41, 5.74) is 2.59. The monoisotopic (exact) mass is 427 g/mol. The molecule has 1 saturated heterocycles. The van der Waals surface area contributed by atoms with Gasteiger partial charge in [-0.25, -0.2) is 0 Å². The van der Waals surface area contributed by atoms with Crippen LogP contribution in [0.15, 0.2) is 54.6 Å². The number of piperazine rings is 1. The molecule has 0 bridgehead atoms. The molecule has 0 unspecified atom stereocenters. The van der Waals surface area contributed by atoms with E-state index in [9.17, 15) is 9.59 Å². The lowest BCUT2D eigenvalue weighted by atomic mass is 10.1. The molecule has 3 rings (SSSR count). The van der Waals surface area contributed by atoms with Crippen LogP contribution in [-0.4, -0.2) is 42.9 Å². The van der Waals surface area contributed by atoms with Crippen LogP contribution >= 0.6 is 11.6 Å². The van der Waals surface area contributed by atoms with Gasteiger partial charge in [-0.2, -0.15) is 0 Å². The molecule has 2 aromatic carbocycles. The van der Waals surface area contributed by atoms with Gasteiger partial charge in [0.2, 0.25) is 11.8 Å². The molecule has 0 radical (unpaired) electrons. The van der Waals surface area contributed by atoms with Gasteiger partial charge in [0, 0.05) is 44.0 Å². The van der Waals surface area contributed by atoms with Gasteiger partial charge in [0.15, 0.2) is 0 Å². The Bertz CT molecular complexity index is 818. The van der Waals surface area contributed by atoms with Crippen LogP contribution in [0.5, 0.6) is 0 Å². The van der Waals surface area contributed by atoms with Gasteiger partial charge in [-0.15, -0.1) is 11.6 Å². The van der Waals surface area contributed by atoms with Gasteiger partial charge in [-0.05, 0) is 36.2 Å². The van der Waals surface area contributed by atoms with E-state index in [1.165, 1.54) is 0 Å². The minimum Gasteiger partial charge on any atom is -0.368 e. The minimum atomic E-state index is -0.728. The summed E-state index contributed by atoms with van der Waals surface area (Å²) in [5, 5.41) is 2.15. The largest absolute Gasteiger partial charge is 0.368 e. The predicted octanol–water partition coefficient (Wildman–Crippen LogP) is 4.83. The van der Waals surface area contributed by atoms with E-state index >= 15 is 0 Å². The van der Waals surface area contributed by atoms with Crippen LogP contribution in [0.3, 0.4) is 0 Å². The highest BCUT2D eigenvalue weighted by Crippen LogP contribution is 2.24. The van der Waals surface area contributed by atoms with Gasteiger partial charge in [0.05, 0.1) is 0 Å². The number of unbranched alkanes of at least 4 members (excludes halogenated alkanes) is 2. The fraction of sp³-hybridized carbons (Fsp3) is 0.417. The van der Waals surface area contributed by atoms with Gasteiger partial charge in [0.1, 0.15) is 5.38 Å². The number of benzene rings is 2. The molecule has 1 aliphatic heterocycles. The fourth-order valence-electron chi connectivity index (χ4n) is 3.63. The van der Waals surface area contributed by atoms with Crippen molar-refractivity contribution in [1.29, 1.82) is 0 Å². The van der Waals surface area contributed by atoms with Crippen molar-refractivity contribution in [3.8, 4) is 0 Å². The number of alkyl halides is 1. The highest BCUT2D eigenvalue weighted by atomic mass is 35.5. The molecule has 5 nitrogen and oxygen atoms in total. The van der Waals surface area contributed by atoms with Crippen LogP contribution in [0, 0.1) is 0 Å². The number of amides is 2. The number of halogens is 1. The molecule has 160 valence electrons. The van der Waals surface area contributed by atoms with Crippen LogP contribution in [-0.2, 0) is 9.59 Å². The summed E-state index contributed by atoms with van der Waals surface area (Å²) in [7, 11) is 0. The van der Waals surface area contributed by atoms with E-state index in [2.05, 4.69) is 17.1 Å². The molecule has 0 aliphatic carbocycles. The Morgan fingerprint density at radius 2 is 1.63 bits per heavy atom. The molecule has 0 saturated carbocycles. The molecule has 1 heterocycles. The zero-order chi connectivity index (χ0) is 21.3. The van der Waals surface area contributed by atoms with Crippen LogP contribution in [0.2, 0.25) is 0 Å². The summed E-state index contributed by atoms with van der Waals surface area (Å²) in [6.45, 7) is 5.31. The first-order chi connectivity index (χ1) is 14.6. The average molecular weight is 428 g/mol. The number of anilines is 2. The summed E-state index contributed by atoms with van der Waals surface area (Å²) in [6.07, 6.45) is 3.89. The third-order valence-corrected chi connectivity index (χ3v) is 5.90. The molecule has 1 N–H and O–H groups in total. The van der Waals surface area contributed by atoms with Crippen molar-refractivity contribution < 1.29 is 9.59 Å². The summed E-state index contributed by atoms with van der Waals surface area (Å²) >= 11 is 6.29. The van der Waals surface area contributed by atoms with E-state index in [4.69, 9.17) is 11.6 Å². The molecular weight excluding hydrogens is 398 g/mol. The molecule has 30 heavy (non-hydrogen) atoms. The van der Waals surface area contributed by atoms with Crippen molar-refractivity contribution >= 4 is 34.8 Å². The number of hydrogen-bond donors (Lipinski definition) is 1. The topological polar surface area (TPSA) is 52.7 Å². The van der Waals surface area contributed by atoms with Gasteiger partial charge in [0.25, 0.3) is 0 Å². The minimum absolute atomic E-state index is 0.245. The van der Waals surface area contributed by atoms with Gasteiger partial charge >= 0.3 is 0 Å². The highest BCUT2D eigenvalue weighted by molar-refractivity contribution is 6.32. The lowest BCUT2D eigenvalue weighted by Crippen LogP contribution is -2.48. The predicted molar refractivity (Wildman–Crippen MR) is 123 cm³/mol. The normalized spacial score (nSPS) is 15.0. The van der Waals surface area contributed by atoms with Crippen LogP contribution in [0.1, 0.15) is 43.5 Å². The maximum Gasteiger partial charge on any atom is 0.246 e. The van der Waals surface area contributed by atoms with E-state index in [0.717, 1.165) is 62.4 Å². The summed E-state index contributed by atoms with van der Waals surface area (Å²) in [6, 6.07) is 17.1. The second-order valence-corrected chi connectivity index (χ2v) is 8.07. The quantitative estimate of drug-likeness (QED) is 0.484. The third-order valence-electron chi connectivity index (χ3n) is 5.45. The maximum atomic E-state index is 12.4. The van der Waals surface area contributed by atoms with E-state index in [0.29, 0.717) is 6.42 Å². The lowest BCUT2D eigenvalue weighted by molar-refractivity contribution is -0.131. The molecule has 6 heteroatoms. The smallest absolute Gasteiger partial charge is 0.246 e. The first-order valence-electron chi connectivity index (χ1n) is 10.7. The van der Waals surface area contributed by atoms with Gasteiger partial charge in [-0.3, -0.25) is 9.59 Å². The summed E-state index contributed by atoms with van der Waals surface area (Å²) in [4.78, 5) is 28.9. The molecular formula is C24H30ClN3O2.